The van der Waals surface area contributed by atoms with Crippen LogP contribution in [0.2, 0.25) is 0 Å². The molecule has 174 valence electrons. The van der Waals surface area contributed by atoms with Gasteiger partial charge in [-0.05, 0) is 85.9 Å². The van der Waals surface area contributed by atoms with E-state index < -0.39 is 0 Å². The number of nitrogens with zero attached hydrogens (tertiary/aromatic N) is 3. The third kappa shape index (κ3) is 4.71. The fourth-order valence-electron chi connectivity index (χ4n) is 3.86. The fraction of sp³-hybridized carbons (Fsp3) is 0.250. The third-order valence-electron chi connectivity index (χ3n) is 5.56. The van der Waals surface area contributed by atoms with Gasteiger partial charge in [0, 0.05) is 5.56 Å². The molecule has 2 heterocycles. The monoisotopic (exact) mass is 455 g/mol. The Morgan fingerprint density at radius 2 is 2.00 bits per heavy atom. The van der Waals surface area contributed by atoms with Crippen LogP contribution >= 0.6 is 0 Å². The van der Waals surface area contributed by atoms with Crippen molar-refractivity contribution in [3.63, 3.8) is 0 Å². The molecule has 0 N–H and O–H groups in total. The largest absolute Gasteiger partial charge is 0.494 e. The Morgan fingerprint density at radius 1 is 1.21 bits per heavy atom. The molecule has 0 atom stereocenters. The van der Waals surface area contributed by atoms with Crippen molar-refractivity contribution in [3.8, 4) is 17.1 Å². The molecular weight excluding hydrogens is 426 g/mol. The Kier molecular flexibility index (Phi) is 6.77. The van der Waals surface area contributed by atoms with Crippen LogP contribution < -0.4 is 10.3 Å². The van der Waals surface area contributed by atoms with Gasteiger partial charge in [-0.2, -0.15) is 9.78 Å². The first-order chi connectivity index (χ1) is 16.4. The van der Waals surface area contributed by atoms with Gasteiger partial charge in [-0.1, -0.05) is 26.0 Å². The van der Waals surface area contributed by atoms with Crippen molar-refractivity contribution in [3.05, 3.63) is 87.6 Å². The van der Waals surface area contributed by atoms with Gasteiger partial charge in [-0.25, -0.2) is 4.98 Å². The predicted molar refractivity (Wildman–Crippen MR) is 138 cm³/mol. The molecule has 0 aliphatic carbocycles. The topological polar surface area (TPSA) is 69.6 Å². The number of furan rings is 1. The second kappa shape index (κ2) is 9.91. The van der Waals surface area contributed by atoms with Gasteiger partial charge in [-0.15, -0.1) is 0 Å². The lowest BCUT2D eigenvalue weighted by molar-refractivity contribution is 0.335. The van der Waals surface area contributed by atoms with Gasteiger partial charge < -0.3 is 9.15 Å². The summed E-state index contributed by atoms with van der Waals surface area (Å²) in [7, 11) is 0. The van der Waals surface area contributed by atoms with Gasteiger partial charge in [0.1, 0.15) is 11.5 Å². The van der Waals surface area contributed by atoms with Crippen molar-refractivity contribution < 1.29 is 9.15 Å². The summed E-state index contributed by atoms with van der Waals surface area (Å²) in [5.41, 5.74) is 4.13. The van der Waals surface area contributed by atoms with Crippen LogP contribution in [0.1, 0.15) is 50.5 Å². The molecule has 0 amide bonds. The average Bonchev–Trinajstić information content (AvgIpc) is 3.31. The Labute approximate surface area is 199 Å². The molecule has 0 aliphatic rings. The number of hydrogen-bond acceptors (Lipinski definition) is 5. The normalized spacial score (nSPS) is 12.2. The van der Waals surface area contributed by atoms with E-state index in [1.165, 1.54) is 4.68 Å². The Balaban J connectivity index is 1.93. The number of aryl methyl sites for hydroxylation is 1. The number of hydrogen-bond donors (Lipinski definition) is 0. The summed E-state index contributed by atoms with van der Waals surface area (Å²) in [6.45, 7) is 10.7. The standard InChI is InChI=1S/C28H29N3O3/c1-6-33-26-15-20(5)24(16-23(26)18(2)3)27-30-25-12-8-7-11-22(25)28(32)31(27)29-17-19(4)14-21-10-9-13-34-21/h7-18H,6H2,1-5H3/b19-14+,29-17?. The molecule has 0 spiro atoms. The SMILES string of the molecule is CCOc1cc(C)c(-c2nc3ccccc3c(=O)n2N=C/C(C)=C/c2ccco2)cc1C(C)C. The third-order valence-corrected chi connectivity index (χ3v) is 5.56. The first kappa shape index (κ1) is 23.2. The Morgan fingerprint density at radius 3 is 2.71 bits per heavy atom. The van der Waals surface area contributed by atoms with Gasteiger partial charge in [0.25, 0.3) is 5.56 Å². The van der Waals surface area contributed by atoms with E-state index in [0.29, 0.717) is 23.3 Å². The zero-order valence-corrected chi connectivity index (χ0v) is 20.2. The number of rotatable bonds is 7. The second-order valence-corrected chi connectivity index (χ2v) is 8.51. The van der Waals surface area contributed by atoms with Gasteiger partial charge in [0.2, 0.25) is 0 Å². The molecule has 0 fully saturated rings. The molecule has 2 aromatic carbocycles. The maximum Gasteiger partial charge on any atom is 0.282 e. The molecule has 0 unspecified atom stereocenters. The van der Waals surface area contributed by atoms with Crippen molar-refractivity contribution in [1.82, 2.24) is 9.66 Å². The number of para-hydroxylation sites is 1. The van der Waals surface area contributed by atoms with E-state index in [0.717, 1.165) is 33.8 Å². The fourth-order valence-corrected chi connectivity index (χ4v) is 3.86. The predicted octanol–water partition coefficient (Wildman–Crippen LogP) is 6.42. The molecule has 0 bridgehead atoms. The van der Waals surface area contributed by atoms with E-state index in [4.69, 9.17) is 14.1 Å². The van der Waals surface area contributed by atoms with Crippen LogP contribution in [-0.2, 0) is 0 Å². The molecule has 4 aromatic rings. The minimum absolute atomic E-state index is 0.220. The molecular formula is C28H29N3O3. The molecule has 0 saturated carbocycles. The van der Waals surface area contributed by atoms with E-state index in [-0.39, 0.29) is 11.5 Å². The van der Waals surface area contributed by atoms with E-state index in [1.807, 2.05) is 63.2 Å². The number of ether oxygens (including phenoxy) is 1. The lowest BCUT2D eigenvalue weighted by Crippen LogP contribution is -2.20. The summed E-state index contributed by atoms with van der Waals surface area (Å²) >= 11 is 0. The zero-order valence-electron chi connectivity index (χ0n) is 20.2. The van der Waals surface area contributed by atoms with Crippen LogP contribution in [0.3, 0.4) is 0 Å². The lowest BCUT2D eigenvalue weighted by atomic mass is 9.96. The number of aromatic nitrogens is 2. The highest BCUT2D eigenvalue weighted by molar-refractivity contribution is 5.85. The van der Waals surface area contributed by atoms with Crippen LogP contribution in [0.4, 0.5) is 0 Å². The second-order valence-electron chi connectivity index (χ2n) is 8.51. The van der Waals surface area contributed by atoms with Gasteiger partial charge >= 0.3 is 0 Å². The first-order valence-electron chi connectivity index (χ1n) is 11.4. The molecule has 4 rings (SSSR count). The Hall–Kier alpha value is -3.93. The maximum atomic E-state index is 13.5. The Bertz CT molecular complexity index is 1430. The van der Waals surface area contributed by atoms with E-state index in [1.54, 1.807) is 18.5 Å². The van der Waals surface area contributed by atoms with Crippen LogP contribution in [0.25, 0.3) is 28.4 Å². The van der Waals surface area contributed by atoms with Crippen molar-refractivity contribution in [2.75, 3.05) is 6.61 Å². The minimum Gasteiger partial charge on any atom is -0.494 e. The number of fused-ring (bicyclic) bond motifs is 1. The van der Waals surface area contributed by atoms with Gasteiger partial charge in [0.15, 0.2) is 5.82 Å². The highest BCUT2D eigenvalue weighted by Crippen LogP contribution is 2.34. The van der Waals surface area contributed by atoms with Crippen molar-refractivity contribution in [1.29, 1.82) is 0 Å². The lowest BCUT2D eigenvalue weighted by Gasteiger charge is -2.18. The van der Waals surface area contributed by atoms with Gasteiger partial charge in [0.05, 0.1) is 30.0 Å². The molecule has 0 radical (unpaired) electrons. The molecule has 0 saturated heterocycles. The highest BCUT2D eigenvalue weighted by Gasteiger charge is 2.18. The van der Waals surface area contributed by atoms with Gasteiger partial charge in [-0.3, -0.25) is 4.79 Å². The summed E-state index contributed by atoms with van der Waals surface area (Å²) in [5, 5.41) is 5.08. The average molecular weight is 456 g/mol. The summed E-state index contributed by atoms with van der Waals surface area (Å²) < 4.78 is 12.7. The van der Waals surface area contributed by atoms with Crippen LogP contribution in [0.15, 0.2) is 74.7 Å². The summed E-state index contributed by atoms with van der Waals surface area (Å²) in [6, 6.07) is 15.1. The molecule has 2 aromatic heterocycles. The van der Waals surface area contributed by atoms with E-state index in [2.05, 4.69) is 25.0 Å². The quantitative estimate of drug-likeness (QED) is 0.301. The molecule has 6 heteroatoms. The van der Waals surface area contributed by atoms with Crippen molar-refractivity contribution in [2.24, 2.45) is 5.10 Å². The summed E-state index contributed by atoms with van der Waals surface area (Å²) in [6.07, 6.45) is 5.13. The van der Waals surface area contributed by atoms with Crippen molar-refractivity contribution in [2.45, 2.75) is 40.5 Å². The smallest absolute Gasteiger partial charge is 0.282 e. The maximum absolute atomic E-state index is 13.5. The summed E-state index contributed by atoms with van der Waals surface area (Å²) in [4.78, 5) is 18.4. The van der Waals surface area contributed by atoms with Crippen molar-refractivity contribution >= 4 is 23.2 Å². The van der Waals surface area contributed by atoms with E-state index >= 15 is 0 Å². The van der Waals surface area contributed by atoms with Crippen LogP contribution in [-0.4, -0.2) is 22.5 Å². The highest BCUT2D eigenvalue weighted by atomic mass is 16.5. The molecule has 6 nitrogen and oxygen atoms in total. The van der Waals surface area contributed by atoms with E-state index in [9.17, 15) is 4.79 Å². The number of allylic oxidation sites excluding steroid dienone is 1. The summed E-state index contributed by atoms with van der Waals surface area (Å²) in [5.74, 6) is 2.31. The molecule has 0 aliphatic heterocycles. The van der Waals surface area contributed by atoms with Crippen LogP contribution in [0, 0.1) is 6.92 Å². The number of benzene rings is 2. The minimum atomic E-state index is -0.220. The zero-order chi connectivity index (χ0) is 24.2. The molecule has 34 heavy (non-hydrogen) atoms. The van der Waals surface area contributed by atoms with Crippen LogP contribution in [0.5, 0.6) is 5.75 Å². The first-order valence-corrected chi connectivity index (χ1v) is 11.4.